The average Bonchev–Trinajstić information content (AvgIpc) is 2.86. The van der Waals surface area contributed by atoms with Gasteiger partial charge < -0.3 is 15.5 Å². The molecule has 0 unspecified atom stereocenters. The Balaban J connectivity index is 1.91. The van der Waals surface area contributed by atoms with Crippen molar-refractivity contribution in [2.75, 3.05) is 11.1 Å². The number of anilines is 2. The fourth-order valence-electron chi connectivity index (χ4n) is 1.95. The summed E-state index contributed by atoms with van der Waals surface area (Å²) in [6, 6.07) is 10.5. The number of carbonyl (C=O) groups is 1. The number of nitrogen functional groups attached to an aromatic ring is 1. The third-order valence-corrected chi connectivity index (χ3v) is 3.18. The Morgan fingerprint density at radius 3 is 2.81 bits per heavy atom. The number of nitrogens with one attached hydrogen (secondary N) is 1. The van der Waals surface area contributed by atoms with Gasteiger partial charge in [0.05, 0.1) is 5.69 Å². The Labute approximate surface area is 124 Å². The molecule has 0 aliphatic heterocycles. The minimum absolute atomic E-state index is 0.00697. The Hall–Kier alpha value is -2.53. The van der Waals surface area contributed by atoms with Gasteiger partial charge in [-0.15, -0.1) is 0 Å². The van der Waals surface area contributed by atoms with E-state index in [4.69, 9.17) is 21.8 Å². The molecule has 3 aromatic rings. The normalized spacial score (nSPS) is 10.8. The largest absolute Gasteiger partial charge is 0.451 e. The van der Waals surface area contributed by atoms with E-state index in [1.54, 1.807) is 24.3 Å². The van der Waals surface area contributed by atoms with Crippen molar-refractivity contribution in [3.8, 4) is 0 Å². The molecule has 1 amide bonds. The first-order valence-electron chi connectivity index (χ1n) is 6.08. The van der Waals surface area contributed by atoms with Crippen molar-refractivity contribution >= 4 is 39.9 Å². The monoisotopic (exact) mass is 304 g/mol. The van der Waals surface area contributed by atoms with Gasteiger partial charge in [0.1, 0.15) is 11.4 Å². The number of benzene rings is 2. The summed E-state index contributed by atoms with van der Waals surface area (Å²) in [5.74, 6) is -1.07. The minimum atomic E-state index is -0.576. The number of hydrogen-bond acceptors (Lipinski definition) is 3. The highest BCUT2D eigenvalue weighted by atomic mass is 35.5. The predicted octanol–water partition coefficient (Wildman–Crippen LogP) is 4.06. The van der Waals surface area contributed by atoms with Crippen LogP contribution in [-0.4, -0.2) is 5.91 Å². The summed E-state index contributed by atoms with van der Waals surface area (Å²) in [7, 11) is 0. The van der Waals surface area contributed by atoms with E-state index in [9.17, 15) is 9.18 Å². The molecular weight excluding hydrogens is 295 g/mol. The zero-order valence-electron chi connectivity index (χ0n) is 10.7. The third kappa shape index (κ3) is 2.68. The zero-order valence-corrected chi connectivity index (χ0v) is 11.4. The van der Waals surface area contributed by atoms with Crippen molar-refractivity contribution in [3.63, 3.8) is 0 Å². The van der Waals surface area contributed by atoms with Crippen LogP contribution in [-0.2, 0) is 0 Å². The minimum Gasteiger partial charge on any atom is -0.451 e. The van der Waals surface area contributed by atoms with Gasteiger partial charge in [-0.1, -0.05) is 11.6 Å². The van der Waals surface area contributed by atoms with Gasteiger partial charge in [-0.3, -0.25) is 4.79 Å². The van der Waals surface area contributed by atoms with E-state index in [0.29, 0.717) is 21.7 Å². The Morgan fingerprint density at radius 1 is 1.19 bits per heavy atom. The van der Waals surface area contributed by atoms with Crippen LogP contribution >= 0.6 is 11.6 Å². The van der Waals surface area contributed by atoms with Crippen molar-refractivity contribution in [3.05, 3.63) is 59.1 Å². The number of hydrogen-bond donors (Lipinski definition) is 2. The van der Waals surface area contributed by atoms with Gasteiger partial charge >= 0.3 is 0 Å². The summed E-state index contributed by atoms with van der Waals surface area (Å²) in [5.41, 5.74) is 6.75. The van der Waals surface area contributed by atoms with Crippen LogP contribution in [0.5, 0.6) is 0 Å². The van der Waals surface area contributed by atoms with Crippen molar-refractivity contribution < 1.29 is 13.6 Å². The molecule has 21 heavy (non-hydrogen) atoms. The molecule has 4 nitrogen and oxygen atoms in total. The van der Waals surface area contributed by atoms with Crippen LogP contribution in [0.1, 0.15) is 10.6 Å². The van der Waals surface area contributed by atoms with Crippen LogP contribution in [0.4, 0.5) is 15.8 Å². The molecule has 0 radical (unpaired) electrons. The topological polar surface area (TPSA) is 68.3 Å². The lowest BCUT2D eigenvalue weighted by atomic mass is 10.2. The number of nitrogens with two attached hydrogens (primary N) is 1. The summed E-state index contributed by atoms with van der Waals surface area (Å²) in [5, 5.41) is 3.44. The first kappa shape index (κ1) is 13.5. The van der Waals surface area contributed by atoms with Crippen LogP contribution in [0.3, 0.4) is 0 Å². The lowest BCUT2D eigenvalue weighted by Gasteiger charge is -2.04. The molecule has 2 aromatic carbocycles. The summed E-state index contributed by atoms with van der Waals surface area (Å²) < 4.78 is 19.0. The average molecular weight is 305 g/mol. The molecule has 0 aliphatic rings. The molecule has 0 fully saturated rings. The van der Waals surface area contributed by atoms with Crippen molar-refractivity contribution in [2.24, 2.45) is 0 Å². The summed E-state index contributed by atoms with van der Waals surface area (Å²) >= 11 is 5.77. The van der Waals surface area contributed by atoms with Gasteiger partial charge in [-0.05, 0) is 42.5 Å². The van der Waals surface area contributed by atoms with Crippen LogP contribution in [0.15, 0.2) is 46.9 Å². The highest BCUT2D eigenvalue weighted by molar-refractivity contribution is 6.31. The van der Waals surface area contributed by atoms with Gasteiger partial charge in [0, 0.05) is 16.1 Å². The summed E-state index contributed by atoms with van der Waals surface area (Å²) in [6.07, 6.45) is 0. The van der Waals surface area contributed by atoms with Crippen LogP contribution in [0.25, 0.3) is 11.0 Å². The second-order valence-corrected chi connectivity index (χ2v) is 4.92. The van der Waals surface area contributed by atoms with Crippen molar-refractivity contribution in [2.45, 2.75) is 0 Å². The molecule has 1 heterocycles. The molecule has 0 bridgehead atoms. The number of furan rings is 1. The van der Waals surface area contributed by atoms with E-state index in [1.165, 1.54) is 18.2 Å². The molecule has 0 saturated heterocycles. The molecule has 0 saturated carbocycles. The second-order valence-electron chi connectivity index (χ2n) is 4.49. The van der Waals surface area contributed by atoms with E-state index in [-0.39, 0.29) is 11.4 Å². The summed E-state index contributed by atoms with van der Waals surface area (Å²) in [4.78, 5) is 12.1. The van der Waals surface area contributed by atoms with E-state index >= 15 is 0 Å². The molecule has 0 aliphatic carbocycles. The van der Waals surface area contributed by atoms with Crippen molar-refractivity contribution in [1.29, 1.82) is 0 Å². The first-order valence-corrected chi connectivity index (χ1v) is 6.46. The predicted molar refractivity (Wildman–Crippen MR) is 80.0 cm³/mol. The highest BCUT2D eigenvalue weighted by Gasteiger charge is 2.14. The molecule has 3 rings (SSSR count). The number of rotatable bonds is 2. The van der Waals surface area contributed by atoms with Crippen LogP contribution in [0, 0.1) is 5.82 Å². The SMILES string of the molecule is Nc1ccc2oc(C(=O)Nc3cc(Cl)ccc3F)cc2c1. The molecule has 0 spiro atoms. The molecule has 1 aromatic heterocycles. The maximum atomic E-state index is 13.6. The highest BCUT2D eigenvalue weighted by Crippen LogP contribution is 2.24. The maximum Gasteiger partial charge on any atom is 0.291 e. The van der Waals surface area contributed by atoms with Gasteiger partial charge in [-0.25, -0.2) is 4.39 Å². The molecule has 3 N–H and O–H groups in total. The Bertz CT molecular complexity index is 845. The van der Waals surface area contributed by atoms with E-state index < -0.39 is 11.7 Å². The van der Waals surface area contributed by atoms with E-state index in [1.807, 2.05) is 0 Å². The number of carbonyl (C=O) groups excluding carboxylic acids is 1. The van der Waals surface area contributed by atoms with Crippen LogP contribution in [0.2, 0.25) is 5.02 Å². The third-order valence-electron chi connectivity index (χ3n) is 2.94. The molecular formula is C15H10ClFN2O2. The van der Waals surface area contributed by atoms with E-state index in [2.05, 4.69) is 5.32 Å². The Kier molecular flexibility index (Phi) is 3.27. The molecule has 0 atom stereocenters. The number of halogens is 2. The van der Waals surface area contributed by atoms with Crippen molar-refractivity contribution in [1.82, 2.24) is 0 Å². The second kappa shape index (κ2) is 5.10. The summed E-state index contributed by atoms with van der Waals surface area (Å²) in [6.45, 7) is 0. The van der Waals surface area contributed by atoms with Crippen LogP contribution < -0.4 is 11.1 Å². The standard InChI is InChI=1S/C15H10ClFN2O2/c16-9-1-3-11(17)12(7-9)19-15(20)14-6-8-5-10(18)2-4-13(8)21-14/h1-7H,18H2,(H,19,20). The number of amides is 1. The maximum absolute atomic E-state index is 13.6. The van der Waals surface area contributed by atoms with Gasteiger partial charge in [0.25, 0.3) is 5.91 Å². The van der Waals surface area contributed by atoms with Gasteiger partial charge in [0.15, 0.2) is 5.76 Å². The first-order chi connectivity index (χ1) is 10.0. The number of fused-ring (bicyclic) bond motifs is 1. The quantitative estimate of drug-likeness (QED) is 0.701. The van der Waals surface area contributed by atoms with Gasteiger partial charge in [-0.2, -0.15) is 0 Å². The van der Waals surface area contributed by atoms with Gasteiger partial charge in [0.2, 0.25) is 0 Å². The smallest absolute Gasteiger partial charge is 0.291 e. The molecule has 6 heteroatoms. The fraction of sp³-hybridized carbons (Fsp3) is 0. The fourth-order valence-corrected chi connectivity index (χ4v) is 2.12. The zero-order chi connectivity index (χ0) is 15.0. The van der Waals surface area contributed by atoms with E-state index in [0.717, 1.165) is 0 Å². The lowest BCUT2D eigenvalue weighted by Crippen LogP contribution is -2.12. The Morgan fingerprint density at radius 2 is 2.00 bits per heavy atom. The molecule has 106 valence electrons. The lowest BCUT2D eigenvalue weighted by molar-refractivity contribution is 0.0998.